The topological polar surface area (TPSA) is 42.7 Å². The van der Waals surface area contributed by atoms with Crippen LogP contribution in [-0.2, 0) is 13.0 Å². The quantitative estimate of drug-likeness (QED) is 0.700. The van der Waals surface area contributed by atoms with Gasteiger partial charge in [-0.15, -0.1) is 16.4 Å². The molecule has 0 aliphatic rings. The van der Waals surface area contributed by atoms with E-state index in [1.54, 1.807) is 0 Å². The van der Waals surface area contributed by atoms with Crippen molar-refractivity contribution in [1.29, 1.82) is 0 Å². The summed E-state index contributed by atoms with van der Waals surface area (Å²) >= 11 is 1.81. The molecular weight excluding hydrogens is 256 g/mol. The lowest BCUT2D eigenvalue weighted by Crippen LogP contribution is -2.22. The number of hydrogen-bond acceptors (Lipinski definition) is 4. The fraction of sp³-hybridized carbons (Fsp3) is 0.286. The smallest absolute Gasteiger partial charge is 0.113 e. The number of aromatic nitrogens is 3. The van der Waals surface area contributed by atoms with Crippen LogP contribution in [0, 0.1) is 0 Å². The predicted molar refractivity (Wildman–Crippen MR) is 78.4 cm³/mol. The van der Waals surface area contributed by atoms with Gasteiger partial charge < -0.3 is 5.32 Å². The molecule has 0 saturated heterocycles. The minimum atomic E-state index is 0.852. The number of fused-ring (bicyclic) bond motifs is 1. The Kier molecular flexibility index (Phi) is 3.86. The standard InChI is InChI=1S/C14H16N4S/c1-2-6-14-13(5-1)16-17-18(14)10-9-15-8-7-12-4-3-11-19-12/h1-6,11,15H,7-10H2. The van der Waals surface area contributed by atoms with Gasteiger partial charge in [-0.2, -0.15) is 0 Å². The summed E-state index contributed by atoms with van der Waals surface area (Å²) in [5.41, 5.74) is 2.06. The number of nitrogens with one attached hydrogen (secondary N) is 1. The minimum Gasteiger partial charge on any atom is -0.315 e. The lowest BCUT2D eigenvalue weighted by molar-refractivity contribution is 0.554. The van der Waals surface area contributed by atoms with Crippen LogP contribution >= 0.6 is 11.3 Å². The third-order valence-electron chi connectivity index (χ3n) is 3.05. The Morgan fingerprint density at radius 1 is 1.11 bits per heavy atom. The lowest BCUT2D eigenvalue weighted by Gasteiger charge is -2.04. The minimum absolute atomic E-state index is 0.852. The summed E-state index contributed by atoms with van der Waals surface area (Å²) in [6, 6.07) is 12.3. The molecule has 19 heavy (non-hydrogen) atoms. The van der Waals surface area contributed by atoms with E-state index >= 15 is 0 Å². The molecule has 0 aliphatic carbocycles. The van der Waals surface area contributed by atoms with Gasteiger partial charge in [-0.25, -0.2) is 4.68 Å². The van der Waals surface area contributed by atoms with Crippen LogP contribution in [0.1, 0.15) is 4.88 Å². The molecule has 2 aromatic heterocycles. The Labute approximate surface area is 116 Å². The van der Waals surface area contributed by atoms with Gasteiger partial charge >= 0.3 is 0 Å². The van der Waals surface area contributed by atoms with E-state index in [0.717, 1.165) is 37.1 Å². The van der Waals surface area contributed by atoms with Gasteiger partial charge in [0.25, 0.3) is 0 Å². The normalized spacial score (nSPS) is 11.2. The van der Waals surface area contributed by atoms with E-state index in [9.17, 15) is 0 Å². The van der Waals surface area contributed by atoms with Crippen LogP contribution in [0.3, 0.4) is 0 Å². The van der Waals surface area contributed by atoms with Gasteiger partial charge in [0.2, 0.25) is 0 Å². The molecule has 0 bridgehead atoms. The molecule has 4 nitrogen and oxygen atoms in total. The molecule has 0 fully saturated rings. The highest BCUT2D eigenvalue weighted by Gasteiger charge is 2.02. The van der Waals surface area contributed by atoms with E-state index in [1.807, 2.05) is 34.2 Å². The summed E-state index contributed by atoms with van der Waals surface area (Å²) in [6.45, 7) is 2.77. The first kappa shape index (κ1) is 12.3. The number of hydrogen-bond donors (Lipinski definition) is 1. The Balaban J connectivity index is 1.47. The molecule has 2 heterocycles. The Bertz CT molecular complexity index is 630. The van der Waals surface area contributed by atoms with Crippen molar-refractivity contribution in [3.63, 3.8) is 0 Å². The van der Waals surface area contributed by atoms with Crippen molar-refractivity contribution in [2.24, 2.45) is 0 Å². The van der Waals surface area contributed by atoms with E-state index in [1.165, 1.54) is 4.88 Å². The van der Waals surface area contributed by atoms with Crippen LogP contribution in [0.2, 0.25) is 0 Å². The summed E-state index contributed by atoms with van der Waals surface area (Å²) < 4.78 is 1.95. The SMILES string of the molecule is c1csc(CCNCCn2nnc3ccccc32)c1. The summed E-state index contributed by atoms with van der Waals surface area (Å²) in [6.07, 6.45) is 1.09. The van der Waals surface area contributed by atoms with Gasteiger partial charge in [0.05, 0.1) is 12.1 Å². The summed E-state index contributed by atoms with van der Waals surface area (Å²) in [5, 5.41) is 13.9. The Morgan fingerprint density at radius 2 is 2.05 bits per heavy atom. The van der Waals surface area contributed by atoms with Crippen molar-refractivity contribution in [3.05, 3.63) is 46.7 Å². The van der Waals surface area contributed by atoms with Crippen molar-refractivity contribution in [3.8, 4) is 0 Å². The second-order valence-corrected chi connectivity index (χ2v) is 5.41. The second-order valence-electron chi connectivity index (χ2n) is 4.38. The molecule has 0 atom stereocenters. The molecule has 0 spiro atoms. The second kappa shape index (κ2) is 5.95. The van der Waals surface area contributed by atoms with Gasteiger partial charge in [-0.05, 0) is 30.0 Å². The highest BCUT2D eigenvalue weighted by Crippen LogP contribution is 2.09. The van der Waals surface area contributed by atoms with Gasteiger partial charge in [0.1, 0.15) is 5.52 Å². The van der Waals surface area contributed by atoms with Crippen molar-refractivity contribution in [2.45, 2.75) is 13.0 Å². The van der Waals surface area contributed by atoms with Crippen molar-refractivity contribution in [2.75, 3.05) is 13.1 Å². The van der Waals surface area contributed by atoms with Crippen LogP contribution in [0.15, 0.2) is 41.8 Å². The molecule has 0 amide bonds. The van der Waals surface area contributed by atoms with Crippen LogP contribution in [0.5, 0.6) is 0 Å². The number of benzene rings is 1. The van der Waals surface area contributed by atoms with Crippen LogP contribution < -0.4 is 5.32 Å². The van der Waals surface area contributed by atoms with Gasteiger partial charge in [-0.3, -0.25) is 0 Å². The van der Waals surface area contributed by atoms with Gasteiger partial charge in [-0.1, -0.05) is 23.4 Å². The van der Waals surface area contributed by atoms with E-state index in [2.05, 4.69) is 39.2 Å². The highest BCUT2D eigenvalue weighted by molar-refractivity contribution is 7.09. The van der Waals surface area contributed by atoms with Crippen molar-refractivity contribution in [1.82, 2.24) is 20.3 Å². The van der Waals surface area contributed by atoms with E-state index in [-0.39, 0.29) is 0 Å². The molecule has 0 saturated carbocycles. The summed E-state index contributed by atoms with van der Waals surface area (Å²) in [5.74, 6) is 0. The molecule has 5 heteroatoms. The molecule has 1 N–H and O–H groups in total. The maximum absolute atomic E-state index is 4.17. The Morgan fingerprint density at radius 3 is 2.95 bits per heavy atom. The number of para-hydroxylation sites is 1. The first-order valence-corrected chi connectivity index (χ1v) is 7.33. The molecule has 0 aliphatic heterocycles. The van der Waals surface area contributed by atoms with Crippen molar-refractivity contribution < 1.29 is 0 Å². The van der Waals surface area contributed by atoms with Gasteiger partial charge in [0.15, 0.2) is 0 Å². The molecule has 98 valence electrons. The summed E-state index contributed by atoms with van der Waals surface area (Å²) in [7, 11) is 0. The largest absolute Gasteiger partial charge is 0.315 e. The molecule has 0 radical (unpaired) electrons. The van der Waals surface area contributed by atoms with Crippen LogP contribution in [-0.4, -0.2) is 28.1 Å². The first-order valence-electron chi connectivity index (χ1n) is 6.45. The van der Waals surface area contributed by atoms with Crippen LogP contribution in [0.4, 0.5) is 0 Å². The van der Waals surface area contributed by atoms with E-state index in [4.69, 9.17) is 0 Å². The predicted octanol–water partition coefficient (Wildman–Crippen LogP) is 2.33. The Hall–Kier alpha value is -1.72. The third kappa shape index (κ3) is 3.00. The molecule has 3 rings (SSSR count). The zero-order chi connectivity index (χ0) is 12.9. The molecule has 3 aromatic rings. The fourth-order valence-corrected chi connectivity index (χ4v) is 2.77. The van der Waals surface area contributed by atoms with Gasteiger partial charge in [0, 0.05) is 18.0 Å². The molecule has 0 unspecified atom stereocenters. The maximum atomic E-state index is 4.17. The zero-order valence-electron chi connectivity index (χ0n) is 10.6. The van der Waals surface area contributed by atoms with E-state index < -0.39 is 0 Å². The number of nitrogens with zero attached hydrogens (tertiary/aromatic N) is 3. The van der Waals surface area contributed by atoms with Crippen LogP contribution in [0.25, 0.3) is 11.0 Å². The lowest BCUT2D eigenvalue weighted by atomic mass is 10.3. The average molecular weight is 272 g/mol. The number of rotatable bonds is 6. The highest BCUT2D eigenvalue weighted by atomic mass is 32.1. The maximum Gasteiger partial charge on any atom is 0.113 e. The average Bonchev–Trinajstić information content (AvgIpc) is 3.08. The zero-order valence-corrected chi connectivity index (χ0v) is 11.4. The molecular formula is C14H16N4S. The van der Waals surface area contributed by atoms with E-state index in [0.29, 0.717) is 0 Å². The summed E-state index contributed by atoms with van der Waals surface area (Å²) in [4.78, 5) is 1.43. The monoisotopic (exact) mass is 272 g/mol. The first-order chi connectivity index (χ1) is 9.43. The third-order valence-corrected chi connectivity index (χ3v) is 3.99. The number of thiophene rings is 1. The fourth-order valence-electron chi connectivity index (χ4n) is 2.06. The van der Waals surface area contributed by atoms with Crippen molar-refractivity contribution >= 4 is 22.4 Å². The molecule has 1 aromatic carbocycles.